The maximum Gasteiger partial charge on any atom is 0.337 e. The summed E-state index contributed by atoms with van der Waals surface area (Å²) in [5, 5.41) is 5.13. The van der Waals surface area contributed by atoms with E-state index in [1.165, 1.54) is 31.4 Å². The van der Waals surface area contributed by atoms with Gasteiger partial charge in [-0.1, -0.05) is 13.8 Å². The Morgan fingerprint density at radius 3 is 2.38 bits per heavy atom. The molecule has 2 N–H and O–H groups in total. The van der Waals surface area contributed by atoms with Crippen molar-refractivity contribution in [3.05, 3.63) is 29.8 Å². The van der Waals surface area contributed by atoms with Gasteiger partial charge in [0.2, 0.25) is 5.91 Å². The number of esters is 1. The molecule has 8 heteroatoms. The lowest BCUT2D eigenvalue weighted by Crippen LogP contribution is -2.39. The predicted octanol–water partition coefficient (Wildman–Crippen LogP) is 0.988. The van der Waals surface area contributed by atoms with E-state index < -0.39 is 29.9 Å². The van der Waals surface area contributed by atoms with Crippen LogP contribution < -0.4 is 10.6 Å². The number of nitrogens with one attached hydrogen (secondary N) is 2. The van der Waals surface area contributed by atoms with E-state index in [2.05, 4.69) is 15.4 Å². The van der Waals surface area contributed by atoms with Crippen molar-refractivity contribution in [3.63, 3.8) is 0 Å². The van der Waals surface area contributed by atoms with Gasteiger partial charge < -0.3 is 15.4 Å². The molecule has 1 unspecified atom stereocenters. The number of methoxy groups -OCH3 is 1. The number of amides is 4. The maximum atomic E-state index is 12.1. The molecule has 1 aromatic carbocycles. The third-order valence-corrected chi connectivity index (χ3v) is 3.61. The highest BCUT2D eigenvalue weighted by Gasteiger charge is 2.40. The Morgan fingerprint density at radius 1 is 1.25 bits per heavy atom. The van der Waals surface area contributed by atoms with Crippen molar-refractivity contribution in [2.24, 2.45) is 5.92 Å². The molecule has 24 heavy (non-hydrogen) atoms. The Hall–Kier alpha value is -2.90. The van der Waals surface area contributed by atoms with Crippen LogP contribution in [0.4, 0.5) is 10.5 Å². The fourth-order valence-electron chi connectivity index (χ4n) is 2.29. The minimum absolute atomic E-state index is 0.0552. The molecule has 0 saturated carbocycles. The second-order valence-corrected chi connectivity index (χ2v) is 5.71. The van der Waals surface area contributed by atoms with Crippen LogP contribution in [0.1, 0.15) is 24.2 Å². The van der Waals surface area contributed by atoms with Crippen molar-refractivity contribution in [1.82, 2.24) is 10.2 Å². The quantitative estimate of drug-likeness (QED) is 0.617. The van der Waals surface area contributed by atoms with Crippen LogP contribution in [0.2, 0.25) is 0 Å². The van der Waals surface area contributed by atoms with E-state index in [4.69, 9.17) is 0 Å². The zero-order valence-electron chi connectivity index (χ0n) is 13.7. The van der Waals surface area contributed by atoms with E-state index in [-0.39, 0.29) is 12.5 Å². The van der Waals surface area contributed by atoms with Crippen LogP contribution in [0, 0.1) is 5.92 Å². The average molecular weight is 333 g/mol. The van der Waals surface area contributed by atoms with Crippen molar-refractivity contribution in [2.45, 2.75) is 19.9 Å². The smallest absolute Gasteiger partial charge is 0.337 e. The van der Waals surface area contributed by atoms with Gasteiger partial charge in [-0.05, 0) is 30.2 Å². The molecular formula is C16H19N3O5. The summed E-state index contributed by atoms with van der Waals surface area (Å²) in [5.74, 6) is -1.45. The first-order chi connectivity index (χ1) is 11.3. The van der Waals surface area contributed by atoms with Crippen LogP contribution in [0.5, 0.6) is 0 Å². The normalized spacial score (nSPS) is 17.0. The van der Waals surface area contributed by atoms with Gasteiger partial charge in [0.15, 0.2) is 0 Å². The van der Waals surface area contributed by atoms with Gasteiger partial charge >= 0.3 is 12.0 Å². The van der Waals surface area contributed by atoms with Gasteiger partial charge in [0.1, 0.15) is 12.6 Å². The average Bonchev–Trinajstić information content (AvgIpc) is 2.83. The Morgan fingerprint density at radius 2 is 1.88 bits per heavy atom. The lowest BCUT2D eigenvalue weighted by atomic mass is 10.1. The third kappa shape index (κ3) is 3.70. The fraction of sp³-hybridized carbons (Fsp3) is 0.375. The van der Waals surface area contributed by atoms with Crippen LogP contribution in [0.15, 0.2) is 24.3 Å². The fourth-order valence-corrected chi connectivity index (χ4v) is 2.29. The molecule has 1 heterocycles. The van der Waals surface area contributed by atoms with Crippen molar-refractivity contribution in [1.29, 1.82) is 0 Å². The minimum atomic E-state index is -0.607. The van der Waals surface area contributed by atoms with Gasteiger partial charge in [0.05, 0.1) is 12.7 Å². The van der Waals surface area contributed by atoms with Gasteiger partial charge in [-0.15, -0.1) is 0 Å². The molecule has 8 nitrogen and oxygen atoms in total. The van der Waals surface area contributed by atoms with Crippen LogP contribution in [0.3, 0.4) is 0 Å². The summed E-state index contributed by atoms with van der Waals surface area (Å²) in [7, 11) is 1.28. The number of nitrogens with zero attached hydrogens (tertiary/aromatic N) is 1. The number of urea groups is 1. The summed E-state index contributed by atoms with van der Waals surface area (Å²) in [5.41, 5.74) is 0.796. The standard InChI is InChI=1S/C16H19N3O5/c1-9(2)13-14(21)19(16(23)18-13)8-12(20)17-11-6-4-10(5-7-11)15(22)24-3/h4-7,9,13H,8H2,1-3H3,(H,17,20)(H,18,23). The molecule has 1 aliphatic rings. The first-order valence-corrected chi connectivity index (χ1v) is 7.43. The number of anilines is 1. The van der Waals surface area contributed by atoms with Crippen molar-refractivity contribution >= 4 is 29.5 Å². The van der Waals surface area contributed by atoms with E-state index in [1.807, 2.05) is 13.8 Å². The predicted molar refractivity (Wildman–Crippen MR) is 85.3 cm³/mol. The van der Waals surface area contributed by atoms with Crippen molar-refractivity contribution in [3.8, 4) is 0 Å². The molecule has 0 bridgehead atoms. The molecule has 2 rings (SSSR count). The number of ether oxygens (including phenoxy) is 1. The molecule has 1 aliphatic heterocycles. The largest absolute Gasteiger partial charge is 0.465 e. The van der Waals surface area contributed by atoms with Gasteiger partial charge in [-0.2, -0.15) is 0 Å². The van der Waals surface area contributed by atoms with E-state index in [0.29, 0.717) is 11.3 Å². The minimum Gasteiger partial charge on any atom is -0.465 e. The number of hydrogen-bond acceptors (Lipinski definition) is 5. The van der Waals surface area contributed by atoms with E-state index in [1.54, 1.807) is 0 Å². The Bertz CT molecular complexity index is 669. The zero-order valence-corrected chi connectivity index (χ0v) is 13.7. The molecule has 0 aromatic heterocycles. The Labute approximate surface area is 139 Å². The van der Waals surface area contributed by atoms with Gasteiger partial charge in [-0.3, -0.25) is 14.5 Å². The van der Waals surface area contributed by atoms with Gasteiger partial charge in [-0.25, -0.2) is 9.59 Å². The Balaban J connectivity index is 1.97. The second kappa shape index (κ2) is 7.12. The highest BCUT2D eigenvalue weighted by atomic mass is 16.5. The van der Waals surface area contributed by atoms with Crippen LogP contribution >= 0.6 is 0 Å². The summed E-state index contributed by atoms with van der Waals surface area (Å²) in [4.78, 5) is 48.2. The van der Waals surface area contributed by atoms with Crippen LogP contribution in [-0.4, -0.2) is 48.4 Å². The number of rotatable bonds is 5. The van der Waals surface area contributed by atoms with Crippen LogP contribution in [-0.2, 0) is 14.3 Å². The Kier molecular flexibility index (Phi) is 5.18. The highest BCUT2D eigenvalue weighted by molar-refractivity contribution is 6.08. The van der Waals surface area contributed by atoms with Gasteiger partial charge in [0.25, 0.3) is 5.91 Å². The van der Waals surface area contributed by atoms with Crippen molar-refractivity contribution in [2.75, 3.05) is 19.0 Å². The molecule has 1 fully saturated rings. The number of imide groups is 1. The van der Waals surface area contributed by atoms with Crippen LogP contribution in [0.25, 0.3) is 0 Å². The summed E-state index contributed by atoms with van der Waals surface area (Å²) in [6, 6.07) is 4.90. The second-order valence-electron chi connectivity index (χ2n) is 5.71. The van der Waals surface area contributed by atoms with Crippen molar-refractivity contribution < 1.29 is 23.9 Å². The highest BCUT2D eigenvalue weighted by Crippen LogP contribution is 2.14. The molecule has 4 amide bonds. The molecule has 0 radical (unpaired) electrons. The van der Waals surface area contributed by atoms with E-state index in [0.717, 1.165) is 4.90 Å². The molecule has 1 saturated heterocycles. The molecule has 1 aromatic rings. The summed E-state index contributed by atoms with van der Waals surface area (Å²) < 4.78 is 4.58. The zero-order chi connectivity index (χ0) is 17.9. The topological polar surface area (TPSA) is 105 Å². The lowest BCUT2D eigenvalue weighted by molar-refractivity contribution is -0.131. The number of carbonyl (C=O) groups is 4. The lowest BCUT2D eigenvalue weighted by Gasteiger charge is -2.14. The van der Waals surface area contributed by atoms with E-state index >= 15 is 0 Å². The molecule has 128 valence electrons. The molecular weight excluding hydrogens is 314 g/mol. The first kappa shape index (κ1) is 17.5. The summed E-state index contributed by atoms with van der Waals surface area (Å²) in [6.07, 6.45) is 0. The number of carbonyl (C=O) groups excluding carboxylic acids is 4. The third-order valence-electron chi connectivity index (χ3n) is 3.61. The number of benzene rings is 1. The molecule has 0 spiro atoms. The SMILES string of the molecule is COC(=O)c1ccc(NC(=O)CN2C(=O)NC(C(C)C)C2=O)cc1. The summed E-state index contributed by atoms with van der Waals surface area (Å²) >= 11 is 0. The first-order valence-electron chi connectivity index (χ1n) is 7.43. The molecule has 0 aliphatic carbocycles. The molecule has 1 atom stereocenters. The van der Waals surface area contributed by atoms with E-state index in [9.17, 15) is 19.2 Å². The number of hydrogen-bond donors (Lipinski definition) is 2. The monoisotopic (exact) mass is 333 g/mol. The summed E-state index contributed by atoms with van der Waals surface area (Å²) in [6.45, 7) is 3.26. The van der Waals surface area contributed by atoms with Gasteiger partial charge in [0, 0.05) is 5.69 Å². The maximum absolute atomic E-state index is 12.1.